The number of aliphatic hydroxyl groups is 3. The summed E-state index contributed by atoms with van der Waals surface area (Å²) < 4.78 is 185. The van der Waals surface area contributed by atoms with E-state index in [9.17, 15) is 59.0 Å². The van der Waals surface area contributed by atoms with Crippen molar-refractivity contribution in [2.75, 3.05) is 54.3 Å². The number of fused-ring (bicyclic) bond motifs is 7. The zero-order chi connectivity index (χ0) is 64.1. The number of alkyl halides is 9. The smallest absolute Gasteiger partial charge is 0.453 e. The van der Waals surface area contributed by atoms with Gasteiger partial charge in [-0.3, -0.25) is 13.3 Å². The van der Waals surface area contributed by atoms with Gasteiger partial charge in [0.05, 0.1) is 121 Å². The largest absolute Gasteiger partial charge is 1.00 e. The summed E-state index contributed by atoms with van der Waals surface area (Å²) in [5.41, 5.74) is 21.9. The molecule has 4 saturated heterocycles. The van der Waals surface area contributed by atoms with E-state index < -0.39 is 110 Å². The van der Waals surface area contributed by atoms with Crippen molar-refractivity contribution in [1.29, 1.82) is 0 Å². The zero-order valence-electron chi connectivity index (χ0n) is 46.0. The number of aliphatic hydroxyl groups excluding tert-OH is 3. The van der Waals surface area contributed by atoms with E-state index in [4.69, 9.17) is 57.6 Å². The Morgan fingerprint density at radius 3 is 1.26 bits per heavy atom. The molecule has 7 heterocycles. The molecule has 0 radical (unpaired) electrons. The normalized spacial score (nSPS) is 24.2. The van der Waals surface area contributed by atoms with Crippen LogP contribution >= 0.6 is 21.4 Å². The predicted octanol–water partition coefficient (Wildman–Crippen LogP) is 10.1. The molecule has 10 atom stereocenters. The van der Waals surface area contributed by atoms with Gasteiger partial charge in [0, 0.05) is 26.3 Å². The Kier molecular flexibility index (Phi) is 22.8. The standard InChI is InChI=1S/C18H15F3N4O3.C18H14F3NO5S.C18H16F3NO4.Cl2OS.N3.Na/c19-18(20,21)10-5-6-16-13(7-10)25(12-3-1-2-4-15(12)28-16)14-9-27-8-11(17(14)26)23-24-22;19-18(20,21)10-5-6-15-12(7-10)22(11-3-1-2-4-14(11)25-15)13-8-24-9-16-17(13)27-28(23)26-16;19-18(20,21)10-5-6-16-12(7-10)22(11-3-1-2-4-15(11)26-16)13-8-25-9-14(23)17(13)24;1-4(2)3;1-3-2;/h1-7,11,14,17,26H,8-9H2;1-7,13,16-17H,8-9H2;1-7,13-14,17,23-24H,8-9H2;;;/q;;;;-1;+1/t11-,14+,17+;13-,16-,17+,28?;13-,14-,17+;;;/m100.../s1. The molecule has 474 valence electrons. The van der Waals surface area contributed by atoms with Gasteiger partial charge in [-0.2, -0.15) is 43.7 Å². The Hall–Kier alpha value is -6.33. The van der Waals surface area contributed by atoms with E-state index in [-0.39, 0.29) is 104 Å². The van der Waals surface area contributed by atoms with Crippen LogP contribution in [0.15, 0.2) is 133 Å². The number of hydrogen-bond acceptors (Lipinski definition) is 17. The van der Waals surface area contributed by atoms with Crippen LogP contribution in [0.3, 0.4) is 0 Å². The first-order valence-electron chi connectivity index (χ1n) is 25.9. The third-order valence-electron chi connectivity index (χ3n) is 14.3. The average Bonchev–Trinajstić information content (AvgIpc) is 0.991. The molecule has 4 fully saturated rings. The molecular formula is C54H45Cl2F9N9NaO13S2. The minimum atomic E-state index is -4.53. The Labute approximate surface area is 540 Å². The molecule has 0 aromatic heterocycles. The van der Waals surface area contributed by atoms with Crippen LogP contribution in [0.4, 0.5) is 73.6 Å². The van der Waals surface area contributed by atoms with Crippen molar-refractivity contribution in [3.8, 4) is 34.5 Å². The Morgan fingerprint density at radius 1 is 0.511 bits per heavy atom. The van der Waals surface area contributed by atoms with Gasteiger partial charge in [0.1, 0.15) is 24.4 Å². The third-order valence-corrected chi connectivity index (χ3v) is 15.1. The molecule has 7 aliphatic rings. The maximum Gasteiger partial charge on any atom is 1.00 e. The second-order valence-electron chi connectivity index (χ2n) is 19.7. The molecule has 22 nitrogen and oxygen atoms in total. The molecule has 0 bridgehead atoms. The first-order chi connectivity index (χ1) is 42.3. The number of azide groups is 1. The molecule has 3 N–H and O–H groups in total. The quantitative estimate of drug-likeness (QED) is 0.0369. The van der Waals surface area contributed by atoms with E-state index in [1.54, 1.807) is 87.5 Å². The van der Waals surface area contributed by atoms with E-state index in [1.807, 2.05) is 0 Å². The number of anilines is 6. The Balaban J connectivity index is 0.000000165. The predicted molar refractivity (Wildman–Crippen MR) is 303 cm³/mol. The minimum absolute atomic E-state index is 0. The molecular weight excluding hydrogens is 1310 g/mol. The van der Waals surface area contributed by atoms with E-state index in [1.165, 1.54) is 23.1 Å². The van der Waals surface area contributed by atoms with E-state index in [0.717, 1.165) is 36.4 Å². The maximum atomic E-state index is 13.3. The summed E-state index contributed by atoms with van der Waals surface area (Å²) in [6, 6.07) is 27.5. The van der Waals surface area contributed by atoms with Crippen LogP contribution in [0.5, 0.6) is 34.5 Å². The van der Waals surface area contributed by atoms with Crippen molar-refractivity contribution in [2.24, 2.45) is 5.11 Å². The van der Waals surface area contributed by atoms with Crippen LogP contribution in [-0.2, 0) is 61.7 Å². The number of para-hydroxylation sites is 6. The van der Waals surface area contributed by atoms with Gasteiger partial charge in [-0.25, -0.2) is 4.21 Å². The first-order valence-corrected chi connectivity index (χ1v) is 29.8. The van der Waals surface area contributed by atoms with E-state index in [2.05, 4.69) is 31.4 Å². The van der Waals surface area contributed by atoms with Gasteiger partial charge in [-0.15, -0.1) is 0 Å². The van der Waals surface area contributed by atoms with E-state index >= 15 is 0 Å². The molecule has 0 spiro atoms. The average molecular weight is 1360 g/mol. The molecule has 1 unspecified atom stereocenters. The molecule has 6 aromatic rings. The van der Waals surface area contributed by atoms with Gasteiger partial charge in [0.25, 0.3) is 0 Å². The Morgan fingerprint density at radius 2 is 0.856 bits per heavy atom. The van der Waals surface area contributed by atoms with Crippen LogP contribution in [0.2, 0.25) is 0 Å². The van der Waals surface area contributed by atoms with Crippen molar-refractivity contribution in [1.82, 2.24) is 0 Å². The van der Waals surface area contributed by atoms with Crippen LogP contribution < -0.4 is 58.5 Å². The summed E-state index contributed by atoms with van der Waals surface area (Å²) in [5.74, 6) is 2.14. The van der Waals surface area contributed by atoms with Crippen molar-refractivity contribution < 1.29 is 130 Å². The van der Waals surface area contributed by atoms with Crippen molar-refractivity contribution in [3.63, 3.8) is 0 Å². The summed E-state index contributed by atoms with van der Waals surface area (Å²) in [6.07, 6.45) is -18.2. The number of hydrogen-bond donors (Lipinski definition) is 3. The monoisotopic (exact) mass is 1360 g/mol. The zero-order valence-corrected chi connectivity index (χ0v) is 51.1. The van der Waals surface area contributed by atoms with Gasteiger partial charge in [0.2, 0.25) is 9.23 Å². The molecule has 6 aromatic carbocycles. The van der Waals surface area contributed by atoms with Gasteiger partial charge in [-0.1, -0.05) is 41.5 Å². The van der Waals surface area contributed by atoms with Gasteiger partial charge in [0.15, 0.2) is 34.5 Å². The summed E-state index contributed by atoms with van der Waals surface area (Å²) in [6.45, 7) is 0.479. The van der Waals surface area contributed by atoms with Gasteiger partial charge in [-0.05, 0) is 96.5 Å². The number of halogens is 11. The summed E-state index contributed by atoms with van der Waals surface area (Å²) in [4.78, 5) is 9.03. The fourth-order valence-corrected chi connectivity index (χ4v) is 11.3. The van der Waals surface area contributed by atoms with Crippen LogP contribution in [0, 0.1) is 0 Å². The van der Waals surface area contributed by atoms with Crippen molar-refractivity contribution >= 4 is 76.1 Å². The fourth-order valence-electron chi connectivity index (χ4n) is 10.5. The third kappa shape index (κ3) is 15.6. The molecule has 7 aliphatic heterocycles. The minimum Gasteiger partial charge on any atom is -0.453 e. The second-order valence-corrected chi connectivity index (χ2v) is 23.0. The molecule has 0 aliphatic carbocycles. The number of nitrogens with zero attached hydrogens (tertiary/aromatic N) is 9. The van der Waals surface area contributed by atoms with Crippen LogP contribution in [0.1, 0.15) is 16.7 Å². The molecule has 36 heteroatoms. The molecule has 0 amide bonds. The number of rotatable bonds is 4. The van der Waals surface area contributed by atoms with Gasteiger partial charge < -0.3 is 69.5 Å². The molecule has 13 rings (SSSR count). The summed E-state index contributed by atoms with van der Waals surface area (Å²) >= 11 is -1.92. The maximum absolute atomic E-state index is 13.3. The van der Waals surface area contributed by atoms with Crippen LogP contribution in [-0.4, -0.2) is 118 Å². The summed E-state index contributed by atoms with van der Waals surface area (Å²) in [7, 11) is 7.36. The van der Waals surface area contributed by atoms with Crippen molar-refractivity contribution in [3.05, 3.63) is 171 Å². The molecule has 90 heavy (non-hydrogen) atoms. The number of ether oxygens (including phenoxy) is 6. The fraction of sp³-hybridized carbons (Fsp3) is 0.333. The number of benzene rings is 6. The van der Waals surface area contributed by atoms with Gasteiger partial charge >= 0.3 is 59.4 Å². The SMILES string of the molecule is O=S(Cl)Cl.O=S1O[C@H]2[C@H](COC[C@@H]2N2c3ccccc3Oc3ccc(C(F)(F)F)cc32)O1.O[C@H]1[C@@H](O)COC[C@@H]1N1c2ccccc2Oc2ccc(C(F)(F)F)cc21.[N-]=[N+]=N[C@@H]1COC[C@H](N2c3ccccc3Oc3ccc(C(F)(F)F)cc32)[C@H]1O.[N-]=[N+]=[N-].[Na+]. The van der Waals surface area contributed by atoms with Crippen LogP contribution in [0.25, 0.3) is 26.4 Å². The molecule has 0 saturated carbocycles. The van der Waals surface area contributed by atoms with E-state index in [0.29, 0.717) is 34.3 Å². The topological polar surface area (TPSA) is 286 Å². The Bertz CT molecular complexity index is 3680. The first kappa shape index (κ1) is 69.6. The second kappa shape index (κ2) is 29.5. The van der Waals surface area contributed by atoms with Crippen molar-refractivity contribution in [2.45, 2.75) is 73.2 Å². The summed E-state index contributed by atoms with van der Waals surface area (Å²) in [5, 5.41) is 34.7.